The van der Waals surface area contributed by atoms with Crippen molar-refractivity contribution in [2.75, 3.05) is 6.61 Å². The molecular weight excluding hydrogens is 182 g/mol. The molecule has 1 aromatic heterocycles. The van der Waals surface area contributed by atoms with Crippen LogP contribution in [0, 0.1) is 0 Å². The van der Waals surface area contributed by atoms with Gasteiger partial charge in [-0.25, -0.2) is 4.79 Å². The van der Waals surface area contributed by atoms with Crippen LogP contribution in [-0.4, -0.2) is 22.7 Å². The molecule has 0 aromatic carbocycles. The SMILES string of the molecule is CCOC(=O)C(C)(O)c1ccccn1. The summed E-state index contributed by atoms with van der Waals surface area (Å²) in [7, 11) is 0. The van der Waals surface area contributed by atoms with E-state index in [1.807, 2.05) is 0 Å². The predicted octanol–water partition coefficient (Wildman–Crippen LogP) is 0.852. The first-order valence-electron chi connectivity index (χ1n) is 4.40. The van der Waals surface area contributed by atoms with Crippen molar-refractivity contribution in [2.24, 2.45) is 0 Å². The fourth-order valence-electron chi connectivity index (χ4n) is 1.03. The second kappa shape index (κ2) is 4.19. The van der Waals surface area contributed by atoms with Crippen LogP contribution < -0.4 is 0 Å². The van der Waals surface area contributed by atoms with Crippen molar-refractivity contribution in [3.8, 4) is 0 Å². The van der Waals surface area contributed by atoms with Gasteiger partial charge < -0.3 is 9.84 Å². The molecule has 0 amide bonds. The number of carbonyl (C=O) groups excluding carboxylic acids is 1. The molecule has 0 bridgehead atoms. The lowest BCUT2D eigenvalue weighted by molar-refractivity contribution is -0.164. The van der Waals surface area contributed by atoms with Gasteiger partial charge in [-0.2, -0.15) is 0 Å². The Labute approximate surface area is 82.5 Å². The summed E-state index contributed by atoms with van der Waals surface area (Å²) in [6, 6.07) is 5.00. The van der Waals surface area contributed by atoms with E-state index in [-0.39, 0.29) is 6.61 Å². The van der Waals surface area contributed by atoms with Crippen molar-refractivity contribution in [1.29, 1.82) is 0 Å². The van der Waals surface area contributed by atoms with Gasteiger partial charge in [-0.1, -0.05) is 6.07 Å². The number of ether oxygens (including phenoxy) is 1. The van der Waals surface area contributed by atoms with Crippen LogP contribution in [0.15, 0.2) is 24.4 Å². The molecule has 0 aliphatic rings. The van der Waals surface area contributed by atoms with E-state index in [2.05, 4.69) is 4.98 Å². The first-order valence-corrected chi connectivity index (χ1v) is 4.40. The highest BCUT2D eigenvalue weighted by molar-refractivity contribution is 5.79. The molecule has 4 nitrogen and oxygen atoms in total. The minimum absolute atomic E-state index is 0.238. The van der Waals surface area contributed by atoms with Crippen LogP contribution >= 0.6 is 0 Å². The van der Waals surface area contributed by atoms with Crippen LogP contribution in [0.25, 0.3) is 0 Å². The lowest BCUT2D eigenvalue weighted by Crippen LogP contribution is -2.34. The van der Waals surface area contributed by atoms with Gasteiger partial charge in [-0.3, -0.25) is 4.98 Å². The summed E-state index contributed by atoms with van der Waals surface area (Å²) >= 11 is 0. The molecule has 0 aliphatic carbocycles. The summed E-state index contributed by atoms with van der Waals surface area (Å²) in [6.45, 7) is 3.29. The highest BCUT2D eigenvalue weighted by atomic mass is 16.5. The van der Waals surface area contributed by atoms with Crippen molar-refractivity contribution < 1.29 is 14.6 Å². The molecule has 76 valence electrons. The van der Waals surface area contributed by atoms with Gasteiger partial charge in [-0.05, 0) is 26.0 Å². The largest absolute Gasteiger partial charge is 0.464 e. The zero-order valence-electron chi connectivity index (χ0n) is 8.23. The summed E-state index contributed by atoms with van der Waals surface area (Å²) < 4.78 is 4.73. The molecule has 1 N–H and O–H groups in total. The molecule has 1 aromatic rings. The fourth-order valence-corrected chi connectivity index (χ4v) is 1.03. The van der Waals surface area contributed by atoms with Gasteiger partial charge in [0.15, 0.2) is 0 Å². The smallest absolute Gasteiger partial charge is 0.344 e. The standard InChI is InChI=1S/C10H13NO3/c1-3-14-9(12)10(2,13)8-6-4-5-7-11-8/h4-7,13H,3H2,1-2H3. The maximum atomic E-state index is 11.4. The van der Waals surface area contributed by atoms with Crippen LogP contribution in [0.5, 0.6) is 0 Å². The number of rotatable bonds is 3. The Balaban J connectivity index is 2.90. The molecule has 1 heterocycles. The van der Waals surface area contributed by atoms with Crippen molar-refractivity contribution in [1.82, 2.24) is 4.98 Å². The van der Waals surface area contributed by atoms with Gasteiger partial charge in [-0.15, -0.1) is 0 Å². The van der Waals surface area contributed by atoms with Gasteiger partial charge in [0.05, 0.1) is 12.3 Å². The molecule has 14 heavy (non-hydrogen) atoms. The Morgan fingerprint density at radius 2 is 2.36 bits per heavy atom. The molecular formula is C10H13NO3. The van der Waals surface area contributed by atoms with Crippen molar-refractivity contribution >= 4 is 5.97 Å². The number of carbonyl (C=O) groups is 1. The minimum Gasteiger partial charge on any atom is -0.464 e. The number of aliphatic hydroxyl groups is 1. The van der Waals surface area contributed by atoms with Crippen LogP contribution in [0.3, 0.4) is 0 Å². The monoisotopic (exact) mass is 195 g/mol. The summed E-state index contributed by atoms with van der Waals surface area (Å²) in [4.78, 5) is 15.3. The van der Waals surface area contributed by atoms with Gasteiger partial charge in [0.1, 0.15) is 0 Å². The average Bonchev–Trinajstić information content (AvgIpc) is 2.19. The Hall–Kier alpha value is -1.42. The molecule has 0 fully saturated rings. The van der Waals surface area contributed by atoms with Crippen LogP contribution in [-0.2, 0) is 15.1 Å². The lowest BCUT2D eigenvalue weighted by Gasteiger charge is -2.19. The summed E-state index contributed by atoms with van der Waals surface area (Å²) in [5, 5.41) is 9.85. The summed E-state index contributed by atoms with van der Waals surface area (Å²) in [5.74, 6) is -0.682. The van der Waals surface area contributed by atoms with Crippen molar-refractivity contribution in [3.05, 3.63) is 30.1 Å². The molecule has 0 saturated carbocycles. The number of hydrogen-bond acceptors (Lipinski definition) is 4. The van der Waals surface area contributed by atoms with E-state index in [1.54, 1.807) is 25.1 Å². The zero-order valence-corrected chi connectivity index (χ0v) is 8.23. The second-order valence-electron chi connectivity index (χ2n) is 3.01. The van der Waals surface area contributed by atoms with E-state index in [1.165, 1.54) is 13.1 Å². The number of esters is 1. The number of pyridine rings is 1. The normalized spacial score (nSPS) is 14.5. The van der Waals surface area contributed by atoms with Gasteiger partial charge in [0, 0.05) is 6.20 Å². The second-order valence-corrected chi connectivity index (χ2v) is 3.01. The minimum atomic E-state index is -1.67. The van der Waals surface area contributed by atoms with Crippen molar-refractivity contribution in [2.45, 2.75) is 19.4 Å². The highest BCUT2D eigenvalue weighted by Gasteiger charge is 2.35. The quantitative estimate of drug-likeness (QED) is 0.726. The van der Waals surface area contributed by atoms with Crippen LogP contribution in [0.1, 0.15) is 19.5 Å². The molecule has 0 spiro atoms. The van der Waals surface area contributed by atoms with Crippen LogP contribution in [0.4, 0.5) is 0 Å². The lowest BCUT2D eigenvalue weighted by atomic mass is 10.0. The third-order valence-corrected chi connectivity index (χ3v) is 1.84. The van der Waals surface area contributed by atoms with E-state index in [9.17, 15) is 9.90 Å². The molecule has 1 rings (SSSR count). The van der Waals surface area contributed by atoms with E-state index in [0.717, 1.165) is 0 Å². The number of nitrogens with zero attached hydrogens (tertiary/aromatic N) is 1. The van der Waals surface area contributed by atoms with E-state index in [4.69, 9.17) is 4.74 Å². The number of aromatic nitrogens is 1. The predicted molar refractivity (Wildman–Crippen MR) is 50.4 cm³/mol. The first kappa shape index (κ1) is 10.7. The fraction of sp³-hybridized carbons (Fsp3) is 0.400. The van der Waals surface area contributed by atoms with E-state index in [0.29, 0.717) is 5.69 Å². The Morgan fingerprint density at radius 3 is 2.86 bits per heavy atom. The topological polar surface area (TPSA) is 59.4 Å². The van der Waals surface area contributed by atoms with E-state index < -0.39 is 11.6 Å². The zero-order chi connectivity index (χ0) is 10.6. The Morgan fingerprint density at radius 1 is 1.64 bits per heavy atom. The molecule has 1 atom stereocenters. The van der Waals surface area contributed by atoms with Gasteiger partial charge in [0.25, 0.3) is 0 Å². The number of hydrogen-bond donors (Lipinski definition) is 1. The molecule has 0 aliphatic heterocycles. The highest BCUT2D eigenvalue weighted by Crippen LogP contribution is 2.19. The molecule has 4 heteroatoms. The maximum absolute atomic E-state index is 11.4. The first-order chi connectivity index (χ1) is 6.59. The van der Waals surface area contributed by atoms with E-state index >= 15 is 0 Å². The average molecular weight is 195 g/mol. The van der Waals surface area contributed by atoms with Gasteiger partial charge >= 0.3 is 5.97 Å². The Kier molecular flexibility index (Phi) is 3.19. The maximum Gasteiger partial charge on any atom is 0.344 e. The summed E-state index contributed by atoms with van der Waals surface area (Å²) in [6.07, 6.45) is 1.52. The van der Waals surface area contributed by atoms with Gasteiger partial charge in [0.2, 0.25) is 5.60 Å². The van der Waals surface area contributed by atoms with Crippen LogP contribution in [0.2, 0.25) is 0 Å². The third kappa shape index (κ3) is 2.09. The molecule has 0 radical (unpaired) electrons. The third-order valence-electron chi connectivity index (χ3n) is 1.84. The summed E-state index contributed by atoms with van der Waals surface area (Å²) in [5.41, 5.74) is -1.38. The molecule has 1 unspecified atom stereocenters. The van der Waals surface area contributed by atoms with Crippen molar-refractivity contribution in [3.63, 3.8) is 0 Å². The molecule has 0 saturated heterocycles. The Bertz CT molecular complexity index is 308.